The summed E-state index contributed by atoms with van der Waals surface area (Å²) in [5.74, 6) is 0.840. The van der Waals surface area contributed by atoms with Crippen LogP contribution in [0, 0.1) is 11.8 Å². The highest BCUT2D eigenvalue weighted by Crippen LogP contribution is 2.59. The highest BCUT2D eigenvalue weighted by atomic mass is 16.5. The van der Waals surface area contributed by atoms with Crippen LogP contribution in [0.15, 0.2) is 137 Å². The van der Waals surface area contributed by atoms with Gasteiger partial charge in [0.15, 0.2) is 0 Å². The quantitative estimate of drug-likeness (QED) is 0.272. The third kappa shape index (κ3) is 5.07. The molecule has 1 heterocycles. The number of aliphatic imine (C=N–C) groups is 1. The van der Waals surface area contributed by atoms with Gasteiger partial charge in [-0.15, -0.1) is 0 Å². The summed E-state index contributed by atoms with van der Waals surface area (Å²) in [5.41, 5.74) is 7.79. The van der Waals surface area contributed by atoms with Gasteiger partial charge in [0.1, 0.15) is 35.3 Å². The summed E-state index contributed by atoms with van der Waals surface area (Å²) in [6, 6.07) is 26.0. The van der Waals surface area contributed by atoms with Gasteiger partial charge in [0.2, 0.25) is 0 Å². The van der Waals surface area contributed by atoms with Gasteiger partial charge in [0, 0.05) is 29.2 Å². The van der Waals surface area contributed by atoms with Crippen LogP contribution in [0.5, 0.6) is 17.2 Å². The molecule has 1 amide bonds. The molecule has 0 saturated heterocycles. The number of amides is 1. The number of primary amides is 1. The van der Waals surface area contributed by atoms with Crippen LogP contribution in [0.25, 0.3) is 0 Å². The number of allylic oxidation sites excluding steroid dienone is 2. The standard InChI is InChI=1S/C36H33N3O5/c37-34(42)26-20-31(43-22-11-3-1-4-12-22)25(19-32(26)44-23-13-5-2-6-14-23)33-28-21-36(28,27-16-8-10-18-30(27)41)39-35(38-33)24-15-7-9-17-29(24)40/h1-8,10-16,18-20,25,28,31,35,39-41H,9,17,21H2,(H2,37,42). The summed E-state index contributed by atoms with van der Waals surface area (Å²) in [6.45, 7) is 0. The Balaban J connectivity index is 1.36. The largest absolute Gasteiger partial charge is 0.512 e. The Kier molecular flexibility index (Phi) is 7.06. The first-order valence-electron chi connectivity index (χ1n) is 14.8. The molecule has 3 aromatic rings. The minimum atomic E-state index is -0.632. The summed E-state index contributed by atoms with van der Waals surface area (Å²) in [4.78, 5) is 18.0. The van der Waals surface area contributed by atoms with Crippen molar-refractivity contribution in [1.82, 2.24) is 5.32 Å². The summed E-state index contributed by atoms with van der Waals surface area (Å²) < 4.78 is 12.8. The summed E-state index contributed by atoms with van der Waals surface area (Å²) in [7, 11) is 0. The topological polar surface area (TPSA) is 126 Å². The van der Waals surface area contributed by atoms with Gasteiger partial charge in [-0.3, -0.25) is 15.1 Å². The van der Waals surface area contributed by atoms with E-state index < -0.39 is 29.6 Å². The predicted molar refractivity (Wildman–Crippen MR) is 167 cm³/mol. The Labute approximate surface area is 255 Å². The average molecular weight is 588 g/mol. The van der Waals surface area contributed by atoms with Crippen LogP contribution < -0.4 is 20.5 Å². The molecule has 3 aliphatic carbocycles. The lowest BCUT2D eigenvalue weighted by Gasteiger charge is -2.36. The molecule has 5 atom stereocenters. The monoisotopic (exact) mass is 587 g/mol. The second kappa shape index (κ2) is 11.2. The number of para-hydroxylation sites is 3. The Morgan fingerprint density at radius 3 is 2.34 bits per heavy atom. The molecule has 0 bridgehead atoms. The van der Waals surface area contributed by atoms with Gasteiger partial charge in [0.25, 0.3) is 5.91 Å². The van der Waals surface area contributed by atoms with Crippen LogP contribution in [0.1, 0.15) is 24.8 Å². The number of aromatic hydroxyl groups is 1. The molecule has 0 radical (unpaired) electrons. The molecule has 1 saturated carbocycles. The average Bonchev–Trinajstić information content (AvgIpc) is 3.78. The number of aliphatic hydroxyl groups is 1. The number of carbonyl (C=O) groups excluding carboxylic acids is 1. The van der Waals surface area contributed by atoms with Crippen LogP contribution in [0.3, 0.4) is 0 Å². The maximum atomic E-state index is 12.7. The van der Waals surface area contributed by atoms with Gasteiger partial charge in [0.05, 0.1) is 22.8 Å². The fourth-order valence-corrected chi connectivity index (χ4v) is 6.53. The van der Waals surface area contributed by atoms with Crippen LogP contribution in [0.2, 0.25) is 0 Å². The summed E-state index contributed by atoms with van der Waals surface area (Å²) in [5, 5.41) is 25.6. The van der Waals surface area contributed by atoms with Crippen LogP contribution in [0.4, 0.5) is 0 Å². The Morgan fingerprint density at radius 2 is 1.64 bits per heavy atom. The molecule has 0 aromatic heterocycles. The van der Waals surface area contributed by atoms with Gasteiger partial charge in [-0.25, -0.2) is 0 Å². The molecule has 5 unspecified atom stereocenters. The Bertz CT molecular complexity index is 1740. The third-order valence-corrected chi connectivity index (χ3v) is 8.72. The van der Waals surface area contributed by atoms with Crippen molar-refractivity contribution in [1.29, 1.82) is 0 Å². The Morgan fingerprint density at radius 1 is 0.932 bits per heavy atom. The molecule has 8 nitrogen and oxygen atoms in total. The fourth-order valence-electron chi connectivity index (χ4n) is 6.53. The highest BCUT2D eigenvalue weighted by molar-refractivity contribution is 6.00. The van der Waals surface area contributed by atoms with Crippen molar-refractivity contribution in [2.45, 2.75) is 37.1 Å². The van der Waals surface area contributed by atoms with Crippen LogP contribution in [-0.4, -0.2) is 34.1 Å². The summed E-state index contributed by atoms with van der Waals surface area (Å²) >= 11 is 0. The van der Waals surface area contributed by atoms with Gasteiger partial charge in [-0.1, -0.05) is 66.7 Å². The highest BCUT2D eigenvalue weighted by Gasteiger charge is 2.63. The molecular formula is C36H33N3O5. The predicted octanol–water partition coefficient (Wildman–Crippen LogP) is 5.59. The van der Waals surface area contributed by atoms with Crippen LogP contribution in [-0.2, 0) is 10.3 Å². The van der Waals surface area contributed by atoms with E-state index in [4.69, 9.17) is 20.2 Å². The number of fused-ring (bicyclic) bond motifs is 1. The number of phenolic OH excluding ortho intramolecular Hbond substituents is 1. The van der Waals surface area contributed by atoms with Crippen molar-refractivity contribution in [2.75, 3.05) is 0 Å². The molecule has 4 aliphatic rings. The van der Waals surface area contributed by atoms with E-state index in [9.17, 15) is 15.0 Å². The first-order valence-corrected chi connectivity index (χ1v) is 14.8. The van der Waals surface area contributed by atoms with E-state index in [0.717, 1.165) is 17.7 Å². The number of hydrogen-bond acceptors (Lipinski definition) is 7. The normalized spacial score (nSPS) is 27.4. The number of ether oxygens (including phenoxy) is 2. The van der Waals surface area contributed by atoms with Gasteiger partial charge in [-0.05, 0) is 55.3 Å². The number of aliphatic hydroxyl groups excluding tert-OH is 1. The summed E-state index contributed by atoms with van der Waals surface area (Å²) in [6.07, 6.45) is 8.32. The first kappa shape index (κ1) is 27.7. The molecule has 0 spiro atoms. The molecule has 222 valence electrons. The lowest BCUT2D eigenvalue weighted by molar-refractivity contribution is -0.114. The number of nitrogens with two attached hydrogens (primary N) is 1. The van der Waals surface area contributed by atoms with E-state index in [2.05, 4.69) is 5.32 Å². The van der Waals surface area contributed by atoms with Crippen molar-refractivity contribution in [3.63, 3.8) is 0 Å². The second-order valence-corrected chi connectivity index (χ2v) is 11.5. The van der Waals surface area contributed by atoms with E-state index >= 15 is 0 Å². The lowest BCUT2D eigenvalue weighted by Crippen LogP contribution is -2.48. The zero-order valence-corrected chi connectivity index (χ0v) is 24.0. The van der Waals surface area contributed by atoms with Crippen molar-refractivity contribution in [2.24, 2.45) is 22.6 Å². The number of phenols is 1. The zero-order chi connectivity index (χ0) is 30.3. The van der Waals surface area contributed by atoms with Gasteiger partial charge in [-0.2, -0.15) is 0 Å². The van der Waals surface area contributed by atoms with E-state index in [-0.39, 0.29) is 17.2 Å². The molecular weight excluding hydrogens is 554 g/mol. The maximum absolute atomic E-state index is 12.7. The molecule has 44 heavy (non-hydrogen) atoms. The third-order valence-electron chi connectivity index (χ3n) is 8.72. The molecule has 8 heteroatoms. The first-order chi connectivity index (χ1) is 21.4. The van der Waals surface area contributed by atoms with Crippen molar-refractivity contribution in [3.05, 3.63) is 137 Å². The zero-order valence-electron chi connectivity index (χ0n) is 24.0. The number of carbonyl (C=O) groups is 1. The van der Waals surface area contributed by atoms with Crippen molar-refractivity contribution >= 4 is 11.6 Å². The number of nitrogens with zero attached hydrogens (tertiary/aromatic N) is 1. The smallest absolute Gasteiger partial charge is 0.252 e. The SMILES string of the molecule is NC(=O)C1=CC(Oc2ccccc2)C(C2=NC(C3=C(O)CCC=C3)NC3(c4ccccc4O)CC23)C=C1Oc1ccccc1. The number of rotatable bonds is 8. The Hall–Kier alpha value is -5.08. The molecule has 1 fully saturated rings. The van der Waals surface area contributed by atoms with Crippen molar-refractivity contribution in [3.8, 4) is 17.2 Å². The second-order valence-electron chi connectivity index (χ2n) is 11.5. The number of hydrogen-bond donors (Lipinski definition) is 4. The van der Waals surface area contributed by atoms with E-state index in [1.807, 2.05) is 91.0 Å². The van der Waals surface area contributed by atoms with E-state index in [1.54, 1.807) is 18.2 Å². The molecule has 5 N–H and O–H groups in total. The minimum absolute atomic E-state index is 0.0908. The van der Waals surface area contributed by atoms with Gasteiger partial charge >= 0.3 is 0 Å². The number of nitrogens with one attached hydrogen (secondary N) is 1. The van der Waals surface area contributed by atoms with E-state index in [0.29, 0.717) is 41.4 Å². The van der Waals surface area contributed by atoms with E-state index in [1.165, 1.54) is 0 Å². The molecule has 3 aromatic carbocycles. The number of benzene rings is 3. The minimum Gasteiger partial charge on any atom is -0.512 e. The van der Waals surface area contributed by atoms with Gasteiger partial charge < -0.3 is 25.4 Å². The van der Waals surface area contributed by atoms with Crippen molar-refractivity contribution < 1.29 is 24.5 Å². The lowest BCUT2D eigenvalue weighted by atomic mass is 9.83. The molecule has 7 rings (SSSR count). The maximum Gasteiger partial charge on any atom is 0.252 e. The van der Waals surface area contributed by atoms with Crippen LogP contribution >= 0.6 is 0 Å². The molecule has 1 aliphatic heterocycles. The fraction of sp³-hybridized carbons (Fsp3) is 0.222.